The number of rotatable bonds is 8. The maximum absolute atomic E-state index is 12.5. The van der Waals surface area contributed by atoms with Crippen LogP contribution in [0.2, 0.25) is 0 Å². The zero-order valence-corrected chi connectivity index (χ0v) is 17.1. The molecule has 3 aliphatic rings. The second-order valence-corrected chi connectivity index (χ2v) is 7.95. The number of amides is 1. The lowest BCUT2D eigenvalue weighted by Gasteiger charge is -2.35. The van der Waals surface area contributed by atoms with E-state index in [1.165, 1.54) is 0 Å². The van der Waals surface area contributed by atoms with Crippen molar-refractivity contribution in [2.45, 2.75) is 30.5 Å². The molecule has 4 rings (SSSR count). The fraction of sp³-hybridized carbons (Fsp3) is 0.650. The Hall–Kier alpha value is -2.31. The third-order valence-electron chi connectivity index (χ3n) is 5.84. The summed E-state index contributed by atoms with van der Waals surface area (Å²) >= 11 is 0. The summed E-state index contributed by atoms with van der Waals surface area (Å²) in [6.45, 7) is 3.41. The number of β-amino-alcohol motifs (C(OH)–C–C–N with tert-alkyl or cyclic N) is 1. The predicted octanol–water partition coefficient (Wildman–Crippen LogP) is -0.435. The molecule has 1 aromatic carbocycles. The number of hydrogen-bond donors (Lipinski definition) is 1. The zero-order chi connectivity index (χ0) is 21.8. The van der Waals surface area contributed by atoms with E-state index in [0.29, 0.717) is 38.3 Å². The van der Waals surface area contributed by atoms with Crippen molar-refractivity contribution in [3.05, 3.63) is 46.0 Å². The van der Waals surface area contributed by atoms with Gasteiger partial charge in [-0.25, -0.2) is 0 Å². The summed E-state index contributed by atoms with van der Waals surface area (Å²) in [7, 11) is 0. The lowest BCUT2D eigenvalue weighted by atomic mass is 10.1. The van der Waals surface area contributed by atoms with Crippen LogP contribution in [0.5, 0.6) is 0 Å². The molecule has 11 heteroatoms. The van der Waals surface area contributed by atoms with Gasteiger partial charge < -0.3 is 29.1 Å². The SMILES string of the molecule is O=C(c1ccccc1)N1CCN(CC(O)CO[C@H]2CO[C@H]3[C@@H]2OC[C@H]3O[N+](=O)[O-])CC1. The highest BCUT2D eigenvalue weighted by atomic mass is 17.0. The first-order valence-corrected chi connectivity index (χ1v) is 10.4. The van der Waals surface area contributed by atoms with Gasteiger partial charge in [0, 0.05) is 38.3 Å². The Morgan fingerprint density at radius 2 is 1.77 bits per heavy atom. The molecule has 0 bridgehead atoms. The summed E-state index contributed by atoms with van der Waals surface area (Å²) in [5.41, 5.74) is 0.682. The fourth-order valence-corrected chi connectivity index (χ4v) is 4.26. The molecule has 170 valence electrons. The minimum atomic E-state index is -0.842. The van der Waals surface area contributed by atoms with E-state index in [2.05, 4.69) is 9.74 Å². The molecule has 0 aromatic heterocycles. The highest BCUT2D eigenvalue weighted by Crippen LogP contribution is 2.30. The summed E-state index contributed by atoms with van der Waals surface area (Å²) in [5.74, 6) is 0.0239. The molecule has 5 atom stereocenters. The van der Waals surface area contributed by atoms with Crippen LogP contribution < -0.4 is 0 Å². The Labute approximate surface area is 179 Å². The van der Waals surface area contributed by atoms with E-state index < -0.39 is 35.6 Å². The summed E-state index contributed by atoms with van der Waals surface area (Å²) in [6, 6.07) is 9.21. The van der Waals surface area contributed by atoms with Gasteiger partial charge in [0.25, 0.3) is 11.0 Å². The highest BCUT2D eigenvalue weighted by Gasteiger charge is 2.50. The fourth-order valence-electron chi connectivity index (χ4n) is 4.26. The van der Waals surface area contributed by atoms with Gasteiger partial charge in [-0.15, -0.1) is 10.1 Å². The average Bonchev–Trinajstić information content (AvgIpc) is 3.35. The van der Waals surface area contributed by atoms with Gasteiger partial charge in [0.2, 0.25) is 0 Å². The number of benzene rings is 1. The molecule has 0 radical (unpaired) electrons. The predicted molar refractivity (Wildman–Crippen MR) is 106 cm³/mol. The van der Waals surface area contributed by atoms with Crippen LogP contribution in [0, 0.1) is 10.1 Å². The van der Waals surface area contributed by atoms with Crippen LogP contribution in [0.3, 0.4) is 0 Å². The lowest BCUT2D eigenvalue weighted by Crippen LogP contribution is -2.51. The molecule has 1 unspecified atom stereocenters. The molecule has 3 heterocycles. The maximum Gasteiger partial charge on any atom is 0.294 e. The summed E-state index contributed by atoms with van der Waals surface area (Å²) in [4.78, 5) is 31.6. The third kappa shape index (κ3) is 5.31. The van der Waals surface area contributed by atoms with Gasteiger partial charge in [0.1, 0.15) is 18.3 Å². The Balaban J connectivity index is 1.17. The monoisotopic (exact) mass is 437 g/mol. The molecule has 3 aliphatic heterocycles. The second-order valence-electron chi connectivity index (χ2n) is 7.95. The molecule has 11 nitrogen and oxygen atoms in total. The number of hydrogen-bond acceptors (Lipinski definition) is 9. The summed E-state index contributed by atoms with van der Waals surface area (Å²) in [5, 5.41) is 20.1. The van der Waals surface area contributed by atoms with Gasteiger partial charge in [-0.3, -0.25) is 9.69 Å². The normalized spacial score (nSPS) is 29.5. The molecule has 0 aliphatic carbocycles. The van der Waals surface area contributed by atoms with E-state index in [9.17, 15) is 20.0 Å². The van der Waals surface area contributed by atoms with Crippen molar-refractivity contribution in [1.82, 2.24) is 9.80 Å². The Kier molecular flexibility index (Phi) is 6.98. The topological polar surface area (TPSA) is 124 Å². The van der Waals surface area contributed by atoms with Crippen LogP contribution in [0.1, 0.15) is 10.4 Å². The van der Waals surface area contributed by atoms with Gasteiger partial charge >= 0.3 is 0 Å². The van der Waals surface area contributed by atoms with Gasteiger partial charge in [0.05, 0.1) is 25.9 Å². The number of carbonyl (C=O) groups excluding carboxylic acids is 1. The third-order valence-corrected chi connectivity index (χ3v) is 5.84. The Morgan fingerprint density at radius 1 is 1.13 bits per heavy atom. The van der Waals surface area contributed by atoms with Crippen molar-refractivity contribution in [3.8, 4) is 0 Å². The minimum Gasteiger partial charge on any atom is -0.389 e. The molecule has 3 fully saturated rings. The van der Waals surface area contributed by atoms with Crippen LogP contribution in [0.15, 0.2) is 30.3 Å². The minimum absolute atomic E-state index is 0.0239. The van der Waals surface area contributed by atoms with Crippen LogP contribution in [-0.4, -0.2) is 109 Å². The molecule has 1 amide bonds. The van der Waals surface area contributed by atoms with Gasteiger partial charge in [-0.2, -0.15) is 0 Å². The van der Waals surface area contributed by atoms with E-state index >= 15 is 0 Å². The smallest absolute Gasteiger partial charge is 0.294 e. The van der Waals surface area contributed by atoms with E-state index in [-0.39, 0.29) is 25.7 Å². The maximum atomic E-state index is 12.5. The van der Waals surface area contributed by atoms with Crippen molar-refractivity contribution in [2.24, 2.45) is 0 Å². The molecule has 1 N–H and O–H groups in total. The van der Waals surface area contributed by atoms with Crippen LogP contribution in [-0.2, 0) is 19.0 Å². The molecule has 31 heavy (non-hydrogen) atoms. The van der Waals surface area contributed by atoms with E-state index in [0.717, 1.165) is 0 Å². The first-order valence-electron chi connectivity index (χ1n) is 10.4. The first kappa shape index (κ1) is 21.9. The first-order chi connectivity index (χ1) is 15.0. The van der Waals surface area contributed by atoms with Crippen molar-refractivity contribution in [2.75, 3.05) is 52.5 Å². The number of aliphatic hydroxyl groups is 1. The van der Waals surface area contributed by atoms with Crippen molar-refractivity contribution in [1.29, 1.82) is 0 Å². The largest absolute Gasteiger partial charge is 0.389 e. The number of ether oxygens (including phenoxy) is 3. The standard InChI is InChI=1S/C20H27N3O8/c24-15(11-28-16-12-29-19-17(31-23(26)27)13-30-18(16)19)10-21-6-8-22(9-7-21)20(25)14-4-2-1-3-5-14/h1-5,15-19,24H,6-13H2/t15?,16-,17+,18+,19+/m0/s1. The van der Waals surface area contributed by atoms with E-state index in [1.54, 1.807) is 0 Å². The number of carbonyl (C=O) groups is 1. The highest BCUT2D eigenvalue weighted by molar-refractivity contribution is 5.94. The van der Waals surface area contributed by atoms with Crippen LogP contribution in [0.25, 0.3) is 0 Å². The Morgan fingerprint density at radius 3 is 2.45 bits per heavy atom. The van der Waals surface area contributed by atoms with Crippen LogP contribution >= 0.6 is 0 Å². The second kappa shape index (κ2) is 9.88. The van der Waals surface area contributed by atoms with Crippen molar-refractivity contribution < 1.29 is 34.0 Å². The number of nitrogens with zero attached hydrogens (tertiary/aromatic N) is 3. The lowest BCUT2D eigenvalue weighted by molar-refractivity contribution is -0.769. The molecular formula is C20H27N3O8. The molecule has 0 spiro atoms. The van der Waals surface area contributed by atoms with Gasteiger partial charge in [-0.05, 0) is 12.1 Å². The average molecular weight is 437 g/mol. The zero-order valence-electron chi connectivity index (χ0n) is 17.1. The molecule has 1 aromatic rings. The molecule has 3 saturated heterocycles. The van der Waals surface area contributed by atoms with E-state index in [4.69, 9.17) is 14.2 Å². The number of aliphatic hydroxyl groups excluding tert-OH is 1. The quantitative estimate of drug-likeness (QED) is 0.426. The molecule has 0 saturated carbocycles. The van der Waals surface area contributed by atoms with Gasteiger partial charge in [-0.1, -0.05) is 18.2 Å². The van der Waals surface area contributed by atoms with Crippen molar-refractivity contribution >= 4 is 5.91 Å². The number of fused-ring (bicyclic) bond motifs is 1. The summed E-state index contributed by atoms with van der Waals surface area (Å²) in [6.07, 6.45) is -2.84. The van der Waals surface area contributed by atoms with Crippen molar-refractivity contribution in [3.63, 3.8) is 0 Å². The Bertz CT molecular complexity index is 758. The number of piperazine rings is 1. The molecular weight excluding hydrogens is 410 g/mol. The summed E-state index contributed by atoms with van der Waals surface area (Å²) < 4.78 is 16.9. The van der Waals surface area contributed by atoms with Crippen LogP contribution in [0.4, 0.5) is 0 Å². The van der Waals surface area contributed by atoms with Gasteiger partial charge in [0.15, 0.2) is 6.10 Å². The van der Waals surface area contributed by atoms with E-state index in [1.807, 2.05) is 35.2 Å².